The van der Waals surface area contributed by atoms with E-state index in [1.807, 2.05) is 0 Å². The molecule has 0 spiro atoms. The number of halogens is 1. The lowest BCUT2D eigenvalue weighted by molar-refractivity contribution is 0.576. The Hall–Kier alpha value is -1.08. The van der Waals surface area contributed by atoms with Crippen LogP contribution >= 0.6 is 15.9 Å². The van der Waals surface area contributed by atoms with Crippen LogP contribution in [-0.4, -0.2) is 5.33 Å². The van der Waals surface area contributed by atoms with Gasteiger partial charge in [0, 0.05) is 11.2 Å². The highest BCUT2D eigenvalue weighted by molar-refractivity contribution is 9.09. The van der Waals surface area contributed by atoms with Crippen LogP contribution in [0, 0.1) is 5.92 Å². The lowest BCUT2D eigenvalue weighted by Gasteiger charge is -2.23. The summed E-state index contributed by atoms with van der Waals surface area (Å²) in [5.74, 6) is 1.05. The van der Waals surface area contributed by atoms with Crippen LogP contribution in [0.15, 0.2) is 60.7 Å². The third kappa shape index (κ3) is 2.98. The highest BCUT2D eigenvalue weighted by atomic mass is 79.9. The van der Waals surface area contributed by atoms with E-state index in [1.165, 1.54) is 11.1 Å². The molecule has 0 aliphatic heterocycles. The van der Waals surface area contributed by atoms with Crippen LogP contribution in [0.5, 0.6) is 0 Å². The molecule has 1 unspecified atom stereocenters. The first-order chi connectivity index (χ1) is 8.33. The summed E-state index contributed by atoms with van der Waals surface area (Å²) in [6.45, 7) is 2.29. The van der Waals surface area contributed by atoms with Gasteiger partial charge in [0.1, 0.15) is 0 Å². The highest BCUT2D eigenvalue weighted by Gasteiger charge is 2.19. The van der Waals surface area contributed by atoms with Gasteiger partial charge in [0.05, 0.1) is 0 Å². The number of rotatable bonds is 4. The van der Waals surface area contributed by atoms with Gasteiger partial charge in [-0.2, -0.15) is 0 Å². The number of hydrogen-bond donors (Lipinski definition) is 0. The van der Waals surface area contributed by atoms with E-state index in [9.17, 15) is 0 Å². The lowest BCUT2D eigenvalue weighted by Crippen LogP contribution is -2.12. The van der Waals surface area contributed by atoms with Crippen LogP contribution in [0.2, 0.25) is 0 Å². The van der Waals surface area contributed by atoms with E-state index in [0.29, 0.717) is 11.8 Å². The third-order valence-electron chi connectivity index (χ3n) is 3.13. The Bertz CT molecular complexity index is 396. The van der Waals surface area contributed by atoms with Crippen LogP contribution in [0.3, 0.4) is 0 Å². The van der Waals surface area contributed by atoms with Gasteiger partial charge in [-0.05, 0) is 17.0 Å². The largest absolute Gasteiger partial charge is 0.0925 e. The standard InChI is InChI=1S/C16H17Br/c1-13(12-17)16(14-8-4-2-5-9-14)15-10-6-3-7-11-15/h2-11,13,16H,12H2,1H3. The molecule has 0 nitrogen and oxygen atoms in total. The zero-order chi connectivity index (χ0) is 12.1. The van der Waals surface area contributed by atoms with Crippen molar-refractivity contribution in [3.8, 4) is 0 Å². The van der Waals surface area contributed by atoms with Gasteiger partial charge in [-0.1, -0.05) is 83.5 Å². The summed E-state index contributed by atoms with van der Waals surface area (Å²) in [5.41, 5.74) is 2.79. The van der Waals surface area contributed by atoms with Gasteiger partial charge in [0.15, 0.2) is 0 Å². The maximum Gasteiger partial charge on any atom is 0.0123 e. The molecular formula is C16H17Br. The van der Waals surface area contributed by atoms with Crippen molar-refractivity contribution < 1.29 is 0 Å². The van der Waals surface area contributed by atoms with Gasteiger partial charge in [0.2, 0.25) is 0 Å². The van der Waals surface area contributed by atoms with E-state index in [4.69, 9.17) is 0 Å². The molecule has 88 valence electrons. The van der Waals surface area contributed by atoms with Gasteiger partial charge in [-0.3, -0.25) is 0 Å². The van der Waals surface area contributed by atoms with Crippen molar-refractivity contribution in [3.05, 3.63) is 71.8 Å². The van der Waals surface area contributed by atoms with Crippen LogP contribution in [0.25, 0.3) is 0 Å². The molecule has 0 aliphatic rings. The molecule has 2 rings (SSSR count). The summed E-state index contributed by atoms with van der Waals surface area (Å²) >= 11 is 3.61. The Kier molecular flexibility index (Phi) is 4.38. The van der Waals surface area contributed by atoms with Gasteiger partial charge in [0.25, 0.3) is 0 Å². The third-order valence-corrected chi connectivity index (χ3v) is 4.15. The molecule has 2 aromatic rings. The van der Waals surface area contributed by atoms with Crippen LogP contribution in [0.4, 0.5) is 0 Å². The average Bonchev–Trinajstić information content (AvgIpc) is 2.41. The molecule has 0 N–H and O–H groups in total. The predicted octanol–water partition coefficient (Wildman–Crippen LogP) is 4.85. The van der Waals surface area contributed by atoms with Gasteiger partial charge >= 0.3 is 0 Å². The van der Waals surface area contributed by atoms with E-state index in [-0.39, 0.29) is 0 Å². The minimum atomic E-state index is 0.469. The summed E-state index contributed by atoms with van der Waals surface area (Å²) in [4.78, 5) is 0. The van der Waals surface area contributed by atoms with Crippen molar-refractivity contribution in [1.29, 1.82) is 0 Å². The Labute approximate surface area is 112 Å². The molecule has 1 heteroatoms. The zero-order valence-electron chi connectivity index (χ0n) is 10.0. The summed E-state index contributed by atoms with van der Waals surface area (Å²) in [7, 11) is 0. The normalized spacial score (nSPS) is 12.6. The minimum absolute atomic E-state index is 0.469. The van der Waals surface area contributed by atoms with Crippen molar-refractivity contribution in [2.75, 3.05) is 5.33 Å². The molecule has 0 fully saturated rings. The molecule has 1 atom stereocenters. The smallest absolute Gasteiger partial charge is 0.0123 e. The fraction of sp³-hybridized carbons (Fsp3) is 0.250. The Morgan fingerprint density at radius 2 is 1.24 bits per heavy atom. The second-order valence-electron chi connectivity index (χ2n) is 4.43. The lowest BCUT2D eigenvalue weighted by atomic mass is 9.83. The quantitative estimate of drug-likeness (QED) is 0.706. The van der Waals surface area contributed by atoms with Crippen molar-refractivity contribution in [2.24, 2.45) is 5.92 Å². The van der Waals surface area contributed by atoms with Crippen LogP contribution < -0.4 is 0 Å². The molecule has 0 aromatic heterocycles. The maximum atomic E-state index is 3.61. The molecule has 0 heterocycles. The Morgan fingerprint density at radius 1 is 0.824 bits per heavy atom. The van der Waals surface area contributed by atoms with E-state index < -0.39 is 0 Å². The first-order valence-electron chi connectivity index (χ1n) is 5.98. The van der Waals surface area contributed by atoms with Gasteiger partial charge < -0.3 is 0 Å². The number of benzene rings is 2. The average molecular weight is 289 g/mol. The fourth-order valence-electron chi connectivity index (χ4n) is 2.26. The highest BCUT2D eigenvalue weighted by Crippen LogP contribution is 2.32. The molecule has 0 radical (unpaired) electrons. The summed E-state index contributed by atoms with van der Waals surface area (Å²) in [6, 6.07) is 21.5. The SMILES string of the molecule is CC(CBr)C(c1ccccc1)c1ccccc1. The van der Waals surface area contributed by atoms with Gasteiger partial charge in [-0.25, -0.2) is 0 Å². The zero-order valence-corrected chi connectivity index (χ0v) is 11.6. The molecule has 0 amide bonds. The fourth-order valence-corrected chi connectivity index (χ4v) is 2.63. The van der Waals surface area contributed by atoms with Crippen LogP contribution in [0.1, 0.15) is 24.0 Å². The topological polar surface area (TPSA) is 0 Å². The molecule has 0 saturated carbocycles. The second kappa shape index (κ2) is 6.02. The molecule has 17 heavy (non-hydrogen) atoms. The predicted molar refractivity (Wildman–Crippen MR) is 77.7 cm³/mol. The Balaban J connectivity index is 2.39. The van der Waals surface area contributed by atoms with Crippen molar-refractivity contribution >= 4 is 15.9 Å². The van der Waals surface area contributed by atoms with Crippen LogP contribution in [-0.2, 0) is 0 Å². The Morgan fingerprint density at radius 3 is 1.59 bits per heavy atom. The monoisotopic (exact) mass is 288 g/mol. The van der Waals surface area contributed by atoms with Crippen molar-refractivity contribution in [3.63, 3.8) is 0 Å². The first kappa shape index (κ1) is 12.4. The van der Waals surface area contributed by atoms with E-state index in [1.54, 1.807) is 0 Å². The molecule has 0 saturated heterocycles. The number of alkyl halides is 1. The first-order valence-corrected chi connectivity index (χ1v) is 7.11. The second-order valence-corrected chi connectivity index (χ2v) is 5.08. The van der Waals surface area contributed by atoms with Gasteiger partial charge in [-0.15, -0.1) is 0 Å². The van der Waals surface area contributed by atoms with Crippen molar-refractivity contribution in [1.82, 2.24) is 0 Å². The molecule has 0 aliphatic carbocycles. The molecule has 2 aromatic carbocycles. The minimum Gasteiger partial charge on any atom is -0.0925 e. The van der Waals surface area contributed by atoms with E-state index >= 15 is 0 Å². The summed E-state index contributed by atoms with van der Waals surface area (Å²) in [6.07, 6.45) is 0. The molecular weight excluding hydrogens is 272 g/mol. The summed E-state index contributed by atoms with van der Waals surface area (Å²) in [5, 5.41) is 1.02. The summed E-state index contributed by atoms with van der Waals surface area (Å²) < 4.78 is 0. The maximum absolute atomic E-state index is 3.61. The van der Waals surface area contributed by atoms with E-state index in [0.717, 1.165) is 5.33 Å². The molecule has 0 bridgehead atoms. The number of hydrogen-bond acceptors (Lipinski definition) is 0. The van der Waals surface area contributed by atoms with Crippen molar-refractivity contribution in [2.45, 2.75) is 12.8 Å². The van der Waals surface area contributed by atoms with E-state index in [2.05, 4.69) is 83.5 Å².